The van der Waals surface area contributed by atoms with Crippen LogP contribution in [0.5, 0.6) is 0 Å². The second-order valence-corrected chi connectivity index (χ2v) is 14.5. The normalized spacial score (nSPS) is 56.3. The molecule has 0 aliphatic heterocycles. The highest BCUT2D eigenvalue weighted by molar-refractivity contribution is 5.77. The maximum Gasteiger partial charge on any atom is 0.312 e. The molecular weight excluding hydrogens is 456 g/mol. The van der Waals surface area contributed by atoms with Gasteiger partial charge in [0.15, 0.2) is 0 Å². The standard InChI is InChI=1S/C30H46O6/c1-17-9-14-30(24(34)35)16-15-26(3)18(22(30)29(17,6)36)7-8-19-25(2)12-11-21(31)28(5,23(32)33)20(25)10-13-27(19,26)4/h7,17,19-22,31,36H,8-16H2,1-6H3,(H,32,33)(H,34,35)/t17-,19-,20-,21+,22+,25+,26-,27+,28-,29-,30+/m1/s1. The van der Waals surface area contributed by atoms with Crippen LogP contribution in [0.3, 0.4) is 0 Å². The summed E-state index contributed by atoms with van der Waals surface area (Å²) in [7, 11) is 0. The average molecular weight is 503 g/mol. The van der Waals surface area contributed by atoms with E-state index in [9.17, 15) is 30.0 Å². The van der Waals surface area contributed by atoms with Crippen LogP contribution < -0.4 is 0 Å². The molecule has 6 heteroatoms. The Hall–Kier alpha value is -1.40. The highest BCUT2D eigenvalue weighted by Crippen LogP contribution is 2.76. The van der Waals surface area contributed by atoms with Crippen molar-refractivity contribution in [2.45, 2.75) is 111 Å². The minimum atomic E-state index is -1.16. The van der Waals surface area contributed by atoms with E-state index < -0.39 is 40.4 Å². The highest BCUT2D eigenvalue weighted by atomic mass is 16.4. The minimum Gasteiger partial charge on any atom is -0.481 e. The maximum absolute atomic E-state index is 12.8. The summed E-state index contributed by atoms with van der Waals surface area (Å²) in [6.45, 7) is 12.6. The Morgan fingerprint density at radius 1 is 0.861 bits per heavy atom. The van der Waals surface area contributed by atoms with Crippen LogP contribution in [0.1, 0.15) is 99.3 Å². The van der Waals surface area contributed by atoms with Crippen LogP contribution in [0, 0.1) is 50.7 Å². The molecule has 0 aromatic heterocycles. The lowest BCUT2D eigenvalue weighted by Crippen LogP contribution is -2.68. The average Bonchev–Trinajstić information content (AvgIpc) is 2.79. The molecule has 11 atom stereocenters. The molecule has 5 aliphatic carbocycles. The number of aliphatic carboxylic acids is 2. The van der Waals surface area contributed by atoms with E-state index in [1.54, 1.807) is 6.92 Å². The molecule has 0 unspecified atom stereocenters. The molecule has 0 bridgehead atoms. The maximum atomic E-state index is 12.8. The van der Waals surface area contributed by atoms with Crippen molar-refractivity contribution >= 4 is 11.9 Å². The molecule has 0 heterocycles. The second-order valence-electron chi connectivity index (χ2n) is 14.5. The first kappa shape index (κ1) is 26.2. The molecule has 0 spiro atoms. The van der Waals surface area contributed by atoms with Gasteiger partial charge in [-0.3, -0.25) is 9.59 Å². The Morgan fingerprint density at radius 3 is 2.14 bits per heavy atom. The van der Waals surface area contributed by atoms with Crippen LogP contribution in [0.2, 0.25) is 0 Å². The molecular formula is C30H46O6. The Morgan fingerprint density at radius 2 is 1.53 bits per heavy atom. The van der Waals surface area contributed by atoms with Crippen molar-refractivity contribution in [2.75, 3.05) is 0 Å². The van der Waals surface area contributed by atoms with Gasteiger partial charge < -0.3 is 20.4 Å². The number of allylic oxidation sites excluding steroid dienone is 1. The Kier molecular flexibility index (Phi) is 5.53. The summed E-state index contributed by atoms with van der Waals surface area (Å²) in [5.74, 6) is -1.93. The summed E-state index contributed by atoms with van der Waals surface area (Å²) in [5, 5.41) is 43.5. The minimum absolute atomic E-state index is 0.0214. The van der Waals surface area contributed by atoms with Crippen molar-refractivity contribution in [1.82, 2.24) is 0 Å². The van der Waals surface area contributed by atoms with E-state index in [2.05, 4.69) is 33.8 Å². The van der Waals surface area contributed by atoms with E-state index in [-0.39, 0.29) is 34.0 Å². The van der Waals surface area contributed by atoms with Crippen LogP contribution in [-0.2, 0) is 9.59 Å². The summed E-state index contributed by atoms with van der Waals surface area (Å²) in [5.41, 5.74) is -2.66. The lowest BCUT2D eigenvalue weighted by molar-refractivity contribution is -0.224. The monoisotopic (exact) mass is 502 g/mol. The largest absolute Gasteiger partial charge is 0.481 e. The van der Waals surface area contributed by atoms with Gasteiger partial charge >= 0.3 is 11.9 Å². The van der Waals surface area contributed by atoms with E-state index in [1.807, 2.05) is 6.92 Å². The zero-order valence-corrected chi connectivity index (χ0v) is 22.9. The van der Waals surface area contributed by atoms with Gasteiger partial charge in [0.25, 0.3) is 0 Å². The van der Waals surface area contributed by atoms with Crippen molar-refractivity contribution in [3.63, 3.8) is 0 Å². The van der Waals surface area contributed by atoms with Gasteiger partial charge in [-0.25, -0.2) is 0 Å². The van der Waals surface area contributed by atoms with Crippen LogP contribution >= 0.6 is 0 Å². The fourth-order valence-electron chi connectivity index (χ4n) is 10.8. The molecule has 0 amide bonds. The second kappa shape index (κ2) is 7.59. The Labute approximate surface area is 215 Å². The van der Waals surface area contributed by atoms with E-state index in [4.69, 9.17) is 0 Å². The number of hydrogen-bond donors (Lipinski definition) is 4. The fraction of sp³-hybridized carbons (Fsp3) is 0.867. The number of fused-ring (bicyclic) bond motifs is 7. The van der Waals surface area contributed by atoms with Gasteiger partial charge in [-0.2, -0.15) is 0 Å². The van der Waals surface area contributed by atoms with Gasteiger partial charge in [0.05, 0.1) is 22.5 Å². The number of aliphatic hydroxyl groups excluding tert-OH is 1. The van der Waals surface area contributed by atoms with Crippen molar-refractivity contribution in [1.29, 1.82) is 0 Å². The number of aliphatic hydroxyl groups is 2. The van der Waals surface area contributed by atoms with Crippen molar-refractivity contribution < 1.29 is 30.0 Å². The molecule has 202 valence electrons. The summed E-state index contributed by atoms with van der Waals surface area (Å²) in [6.07, 6.45) is 7.77. The van der Waals surface area contributed by atoms with Crippen molar-refractivity contribution in [2.24, 2.45) is 50.7 Å². The van der Waals surface area contributed by atoms with E-state index >= 15 is 0 Å². The molecule has 36 heavy (non-hydrogen) atoms. The lowest BCUT2D eigenvalue weighted by atomic mass is 9.33. The number of rotatable bonds is 2. The molecule has 0 aromatic carbocycles. The Balaban J connectivity index is 1.64. The quantitative estimate of drug-likeness (QED) is 0.383. The van der Waals surface area contributed by atoms with Gasteiger partial charge in [0, 0.05) is 5.92 Å². The third-order valence-electron chi connectivity index (χ3n) is 13.6. The zero-order chi connectivity index (χ0) is 26.7. The van der Waals surface area contributed by atoms with Gasteiger partial charge in [-0.05, 0) is 106 Å². The predicted octanol–water partition coefficient (Wildman–Crippen LogP) is 5.27. The van der Waals surface area contributed by atoms with Gasteiger partial charge in [-0.15, -0.1) is 0 Å². The molecule has 5 aliphatic rings. The van der Waals surface area contributed by atoms with Gasteiger partial charge in [0.1, 0.15) is 0 Å². The third kappa shape index (κ3) is 2.81. The van der Waals surface area contributed by atoms with Crippen LogP contribution in [0.15, 0.2) is 11.6 Å². The van der Waals surface area contributed by atoms with Gasteiger partial charge in [-0.1, -0.05) is 39.3 Å². The molecule has 4 saturated carbocycles. The molecule has 0 saturated heterocycles. The van der Waals surface area contributed by atoms with Crippen LogP contribution in [0.25, 0.3) is 0 Å². The first-order valence-electron chi connectivity index (χ1n) is 14.1. The van der Waals surface area contributed by atoms with E-state index in [0.29, 0.717) is 19.3 Å². The SMILES string of the molecule is C[C@@H]1CC[C@]2(C(=O)O)CC[C@]3(C)C(=CC[C@@H]4[C@]5(C)CC[C@H](O)[C@](C)(C(=O)O)[C@@H]5CC[C@@]43C)[C@H]2[C@]1(C)O. The third-order valence-corrected chi connectivity index (χ3v) is 13.6. The van der Waals surface area contributed by atoms with E-state index in [1.165, 1.54) is 0 Å². The smallest absolute Gasteiger partial charge is 0.312 e. The summed E-state index contributed by atoms with van der Waals surface area (Å²) < 4.78 is 0. The summed E-state index contributed by atoms with van der Waals surface area (Å²) in [4.78, 5) is 25.4. The van der Waals surface area contributed by atoms with Crippen LogP contribution in [0.4, 0.5) is 0 Å². The first-order chi connectivity index (χ1) is 16.5. The predicted molar refractivity (Wildman–Crippen MR) is 136 cm³/mol. The Bertz CT molecular complexity index is 1020. The number of hydrogen-bond acceptors (Lipinski definition) is 4. The van der Waals surface area contributed by atoms with Crippen LogP contribution in [-0.4, -0.2) is 44.1 Å². The molecule has 0 aromatic rings. The lowest BCUT2D eigenvalue weighted by Gasteiger charge is -2.71. The summed E-state index contributed by atoms with van der Waals surface area (Å²) >= 11 is 0. The number of carboxylic acids is 2. The number of carbonyl (C=O) groups is 2. The molecule has 4 N–H and O–H groups in total. The molecule has 5 rings (SSSR count). The van der Waals surface area contributed by atoms with Crippen molar-refractivity contribution in [3.8, 4) is 0 Å². The summed E-state index contributed by atoms with van der Waals surface area (Å²) in [6, 6.07) is 0. The topological polar surface area (TPSA) is 115 Å². The fourth-order valence-corrected chi connectivity index (χ4v) is 10.8. The highest BCUT2D eigenvalue weighted by Gasteiger charge is 2.72. The molecule has 4 fully saturated rings. The molecule has 6 nitrogen and oxygen atoms in total. The van der Waals surface area contributed by atoms with Crippen molar-refractivity contribution in [3.05, 3.63) is 11.6 Å². The molecule has 0 radical (unpaired) electrons. The number of carboxylic acid groups (broad SMARTS) is 2. The van der Waals surface area contributed by atoms with E-state index in [0.717, 1.165) is 44.1 Å². The van der Waals surface area contributed by atoms with Gasteiger partial charge in [0.2, 0.25) is 0 Å². The zero-order valence-electron chi connectivity index (χ0n) is 22.9. The first-order valence-corrected chi connectivity index (χ1v) is 14.1.